The standard InChI is InChI=1S/C10H8BrNO/c1-6-5-12-9-7(10(6)13)3-2-4-8(9)11/h2-5H,1H3,(H,12,13). The van der Waals surface area contributed by atoms with Crippen LogP contribution in [0.1, 0.15) is 5.56 Å². The lowest BCUT2D eigenvalue weighted by atomic mass is 10.2. The summed E-state index contributed by atoms with van der Waals surface area (Å²) in [4.78, 5) is 14.7. The summed E-state index contributed by atoms with van der Waals surface area (Å²) < 4.78 is 0.919. The lowest BCUT2D eigenvalue weighted by molar-refractivity contribution is 1.29. The fraction of sp³-hybridized carbons (Fsp3) is 0.100. The van der Waals surface area contributed by atoms with E-state index in [0.717, 1.165) is 20.9 Å². The molecule has 0 spiro atoms. The predicted molar refractivity (Wildman–Crippen MR) is 57.0 cm³/mol. The van der Waals surface area contributed by atoms with Crippen LogP contribution < -0.4 is 5.43 Å². The smallest absolute Gasteiger partial charge is 0.192 e. The Labute approximate surface area is 83.7 Å². The van der Waals surface area contributed by atoms with Crippen LogP contribution in [0, 0.1) is 6.92 Å². The Balaban J connectivity index is 3.03. The Morgan fingerprint density at radius 2 is 2.15 bits per heavy atom. The lowest BCUT2D eigenvalue weighted by Gasteiger charge is -2.00. The third-order valence-corrected chi connectivity index (χ3v) is 2.71. The van der Waals surface area contributed by atoms with Crippen molar-refractivity contribution in [2.75, 3.05) is 0 Å². The van der Waals surface area contributed by atoms with Gasteiger partial charge in [-0.2, -0.15) is 0 Å². The number of hydrogen-bond donors (Lipinski definition) is 1. The number of aromatic nitrogens is 1. The Bertz CT molecular complexity index is 516. The van der Waals surface area contributed by atoms with Crippen LogP contribution in [-0.4, -0.2) is 4.98 Å². The number of rotatable bonds is 0. The molecule has 0 saturated carbocycles. The zero-order chi connectivity index (χ0) is 9.42. The van der Waals surface area contributed by atoms with E-state index in [0.29, 0.717) is 0 Å². The summed E-state index contributed by atoms with van der Waals surface area (Å²) in [6, 6.07) is 5.60. The van der Waals surface area contributed by atoms with Crippen molar-refractivity contribution in [3.8, 4) is 0 Å². The van der Waals surface area contributed by atoms with Gasteiger partial charge < -0.3 is 4.98 Å². The number of aromatic amines is 1. The second kappa shape index (κ2) is 3.00. The number of H-pyrrole nitrogens is 1. The molecule has 0 aliphatic rings. The van der Waals surface area contributed by atoms with Crippen molar-refractivity contribution in [1.29, 1.82) is 0 Å². The van der Waals surface area contributed by atoms with Gasteiger partial charge in [-0.15, -0.1) is 0 Å². The minimum Gasteiger partial charge on any atom is -0.360 e. The molecular formula is C10H8BrNO. The molecule has 2 rings (SSSR count). The third kappa shape index (κ3) is 1.29. The Morgan fingerprint density at radius 1 is 1.38 bits per heavy atom. The highest BCUT2D eigenvalue weighted by atomic mass is 79.9. The molecule has 1 aromatic heterocycles. The maximum Gasteiger partial charge on any atom is 0.192 e. The molecule has 66 valence electrons. The molecule has 0 unspecified atom stereocenters. The second-order valence-corrected chi connectivity index (χ2v) is 3.82. The molecular weight excluding hydrogens is 230 g/mol. The van der Waals surface area contributed by atoms with Crippen molar-refractivity contribution in [3.63, 3.8) is 0 Å². The van der Waals surface area contributed by atoms with Gasteiger partial charge >= 0.3 is 0 Å². The molecule has 0 aliphatic carbocycles. The first-order valence-electron chi connectivity index (χ1n) is 3.96. The lowest BCUT2D eigenvalue weighted by Crippen LogP contribution is -2.05. The van der Waals surface area contributed by atoms with Crippen LogP contribution in [-0.2, 0) is 0 Å². The van der Waals surface area contributed by atoms with Gasteiger partial charge in [0.2, 0.25) is 0 Å². The number of nitrogens with one attached hydrogen (secondary N) is 1. The van der Waals surface area contributed by atoms with E-state index >= 15 is 0 Å². The molecule has 0 fully saturated rings. The van der Waals surface area contributed by atoms with Crippen molar-refractivity contribution in [2.45, 2.75) is 6.92 Å². The normalized spacial score (nSPS) is 10.6. The third-order valence-electron chi connectivity index (χ3n) is 2.05. The molecule has 1 aromatic carbocycles. The largest absolute Gasteiger partial charge is 0.360 e. The van der Waals surface area contributed by atoms with Gasteiger partial charge in [0, 0.05) is 21.6 Å². The van der Waals surface area contributed by atoms with Gasteiger partial charge in [-0.05, 0) is 35.0 Å². The number of pyridine rings is 1. The highest BCUT2D eigenvalue weighted by Crippen LogP contribution is 2.18. The van der Waals surface area contributed by atoms with Crippen molar-refractivity contribution < 1.29 is 0 Å². The van der Waals surface area contributed by atoms with Crippen LogP contribution >= 0.6 is 15.9 Å². The summed E-state index contributed by atoms with van der Waals surface area (Å²) in [6.45, 7) is 1.80. The first-order valence-corrected chi connectivity index (χ1v) is 4.76. The van der Waals surface area contributed by atoms with E-state index < -0.39 is 0 Å². The first-order chi connectivity index (χ1) is 6.20. The van der Waals surface area contributed by atoms with Crippen LogP contribution in [0.25, 0.3) is 10.9 Å². The molecule has 2 nitrogen and oxygen atoms in total. The number of benzene rings is 1. The predicted octanol–water partition coefficient (Wildman–Crippen LogP) is 2.60. The second-order valence-electron chi connectivity index (χ2n) is 2.96. The van der Waals surface area contributed by atoms with Crippen molar-refractivity contribution in [2.24, 2.45) is 0 Å². The van der Waals surface area contributed by atoms with E-state index in [9.17, 15) is 4.79 Å². The number of hydrogen-bond acceptors (Lipinski definition) is 1. The van der Waals surface area contributed by atoms with Crippen LogP contribution in [0.4, 0.5) is 0 Å². The van der Waals surface area contributed by atoms with Gasteiger partial charge in [-0.25, -0.2) is 0 Å². The minimum atomic E-state index is 0.0926. The maximum atomic E-state index is 11.6. The number of fused-ring (bicyclic) bond motifs is 1. The van der Waals surface area contributed by atoms with Crippen molar-refractivity contribution >= 4 is 26.8 Å². The van der Waals surface area contributed by atoms with Crippen LogP contribution in [0.2, 0.25) is 0 Å². The molecule has 0 atom stereocenters. The SMILES string of the molecule is Cc1c[nH]c2c(Br)cccc2c1=O. The molecule has 0 bridgehead atoms. The topological polar surface area (TPSA) is 32.9 Å². The summed E-state index contributed by atoms with van der Waals surface area (Å²) in [5, 5.41) is 0.731. The van der Waals surface area contributed by atoms with Gasteiger partial charge in [-0.1, -0.05) is 6.07 Å². The Morgan fingerprint density at radius 3 is 2.92 bits per heavy atom. The van der Waals surface area contributed by atoms with Crippen LogP contribution in [0.3, 0.4) is 0 Å². The molecule has 0 radical (unpaired) electrons. The molecule has 0 aliphatic heterocycles. The summed E-state index contributed by atoms with van der Waals surface area (Å²) in [5.41, 5.74) is 1.69. The molecule has 1 heterocycles. The van der Waals surface area contributed by atoms with E-state index in [2.05, 4.69) is 20.9 Å². The van der Waals surface area contributed by atoms with Gasteiger partial charge in [0.05, 0.1) is 5.52 Å². The van der Waals surface area contributed by atoms with E-state index in [-0.39, 0.29) is 5.43 Å². The van der Waals surface area contributed by atoms with Crippen LogP contribution in [0.15, 0.2) is 33.7 Å². The monoisotopic (exact) mass is 237 g/mol. The van der Waals surface area contributed by atoms with Crippen molar-refractivity contribution in [3.05, 3.63) is 44.7 Å². The minimum absolute atomic E-state index is 0.0926. The molecule has 2 aromatic rings. The number of halogens is 1. The number of para-hydroxylation sites is 1. The van der Waals surface area contributed by atoms with Gasteiger partial charge in [0.25, 0.3) is 0 Å². The molecule has 0 saturated heterocycles. The summed E-state index contributed by atoms with van der Waals surface area (Å²) in [6.07, 6.45) is 1.73. The van der Waals surface area contributed by atoms with E-state index in [4.69, 9.17) is 0 Å². The average molecular weight is 238 g/mol. The van der Waals surface area contributed by atoms with E-state index in [1.165, 1.54) is 0 Å². The molecule has 3 heteroatoms. The average Bonchev–Trinajstić information content (AvgIpc) is 2.12. The molecule has 0 amide bonds. The number of aryl methyl sites for hydroxylation is 1. The highest BCUT2D eigenvalue weighted by Gasteiger charge is 2.02. The zero-order valence-corrected chi connectivity index (χ0v) is 8.68. The van der Waals surface area contributed by atoms with Gasteiger partial charge in [0.15, 0.2) is 5.43 Å². The fourth-order valence-corrected chi connectivity index (χ4v) is 1.80. The quantitative estimate of drug-likeness (QED) is 0.751. The Hall–Kier alpha value is -1.09. The van der Waals surface area contributed by atoms with E-state index in [1.54, 1.807) is 13.1 Å². The van der Waals surface area contributed by atoms with E-state index in [1.807, 2.05) is 18.2 Å². The summed E-state index contributed by atoms with van der Waals surface area (Å²) in [5.74, 6) is 0. The highest BCUT2D eigenvalue weighted by molar-refractivity contribution is 9.10. The van der Waals surface area contributed by atoms with Gasteiger partial charge in [-0.3, -0.25) is 4.79 Å². The van der Waals surface area contributed by atoms with Crippen molar-refractivity contribution in [1.82, 2.24) is 4.98 Å². The van der Waals surface area contributed by atoms with Gasteiger partial charge in [0.1, 0.15) is 0 Å². The molecule has 13 heavy (non-hydrogen) atoms. The maximum absolute atomic E-state index is 11.6. The zero-order valence-electron chi connectivity index (χ0n) is 7.10. The fourth-order valence-electron chi connectivity index (χ4n) is 1.32. The summed E-state index contributed by atoms with van der Waals surface area (Å²) in [7, 11) is 0. The Kier molecular flexibility index (Phi) is 1.96. The molecule has 1 N–H and O–H groups in total. The first kappa shape index (κ1) is 8.51. The van der Waals surface area contributed by atoms with Crippen LogP contribution in [0.5, 0.6) is 0 Å². The summed E-state index contributed by atoms with van der Waals surface area (Å²) >= 11 is 3.39.